The van der Waals surface area contributed by atoms with Crippen LogP contribution in [-0.2, 0) is 6.42 Å². The topological polar surface area (TPSA) is 66.9 Å². The van der Waals surface area contributed by atoms with E-state index in [1.54, 1.807) is 30.3 Å². The van der Waals surface area contributed by atoms with E-state index < -0.39 is 0 Å². The lowest BCUT2D eigenvalue weighted by Crippen LogP contribution is -2.27. The highest BCUT2D eigenvalue weighted by atomic mass is 19.1. The van der Waals surface area contributed by atoms with Crippen molar-refractivity contribution in [3.8, 4) is 0 Å². The Balaban J connectivity index is 1.48. The monoisotopic (exact) mass is 356 g/mol. The summed E-state index contributed by atoms with van der Waals surface area (Å²) in [5, 5.41) is 14.3. The van der Waals surface area contributed by atoms with Gasteiger partial charge in [-0.15, -0.1) is 10.2 Å². The Morgan fingerprint density at radius 1 is 1.04 bits per heavy atom. The van der Waals surface area contributed by atoms with Crippen LogP contribution in [0.1, 0.15) is 54.6 Å². The van der Waals surface area contributed by atoms with Crippen molar-refractivity contribution in [3.63, 3.8) is 0 Å². The van der Waals surface area contributed by atoms with E-state index in [1.807, 2.05) is 0 Å². The number of hydrogen-bond donors (Lipinski definition) is 2. The molecule has 2 N–H and O–H groups in total. The number of anilines is 1. The Morgan fingerprint density at radius 3 is 2.50 bits per heavy atom. The summed E-state index contributed by atoms with van der Waals surface area (Å²) >= 11 is 0. The second-order valence-corrected chi connectivity index (χ2v) is 6.73. The first kappa shape index (κ1) is 18.3. The van der Waals surface area contributed by atoms with Gasteiger partial charge in [0, 0.05) is 12.6 Å². The van der Waals surface area contributed by atoms with Crippen molar-refractivity contribution in [1.29, 1.82) is 0 Å². The molecule has 6 heteroatoms. The van der Waals surface area contributed by atoms with E-state index in [0.717, 1.165) is 12.8 Å². The molecule has 1 heterocycles. The first-order chi connectivity index (χ1) is 12.7. The summed E-state index contributed by atoms with van der Waals surface area (Å²) in [5.74, 6) is 0.158. The summed E-state index contributed by atoms with van der Waals surface area (Å²) in [6.45, 7) is 0.351. The van der Waals surface area contributed by atoms with E-state index in [4.69, 9.17) is 0 Å². The lowest BCUT2D eigenvalue weighted by molar-refractivity contribution is 0.0948. The summed E-state index contributed by atoms with van der Waals surface area (Å²) in [4.78, 5) is 12.1. The number of nitrogens with zero attached hydrogens (tertiary/aromatic N) is 2. The molecule has 0 aliphatic heterocycles. The molecule has 0 bridgehead atoms. The van der Waals surface area contributed by atoms with Gasteiger partial charge in [-0.2, -0.15) is 0 Å². The minimum atomic E-state index is -0.296. The summed E-state index contributed by atoms with van der Waals surface area (Å²) in [5.41, 5.74) is 0.854. The van der Waals surface area contributed by atoms with Gasteiger partial charge in [0.2, 0.25) is 0 Å². The summed E-state index contributed by atoms with van der Waals surface area (Å²) in [6, 6.07) is 10.5. The SMILES string of the molecule is O=C(NCCc1ccccc1F)c1ccc(NC2CCCCCC2)nn1. The average Bonchev–Trinajstić information content (AvgIpc) is 2.92. The first-order valence-electron chi connectivity index (χ1n) is 9.34. The van der Waals surface area contributed by atoms with Crippen molar-refractivity contribution >= 4 is 11.7 Å². The number of aromatic nitrogens is 2. The third-order valence-corrected chi connectivity index (χ3v) is 4.74. The van der Waals surface area contributed by atoms with Gasteiger partial charge in [0.15, 0.2) is 5.69 Å². The van der Waals surface area contributed by atoms with E-state index in [-0.39, 0.29) is 17.4 Å². The Labute approximate surface area is 153 Å². The first-order valence-corrected chi connectivity index (χ1v) is 9.34. The van der Waals surface area contributed by atoms with Crippen LogP contribution in [-0.4, -0.2) is 28.7 Å². The van der Waals surface area contributed by atoms with Crippen molar-refractivity contribution in [1.82, 2.24) is 15.5 Å². The van der Waals surface area contributed by atoms with E-state index in [0.29, 0.717) is 30.4 Å². The molecule has 1 fully saturated rings. The molecule has 0 saturated heterocycles. The summed E-state index contributed by atoms with van der Waals surface area (Å²) < 4.78 is 13.6. The highest BCUT2D eigenvalue weighted by molar-refractivity contribution is 5.92. The van der Waals surface area contributed by atoms with Crippen molar-refractivity contribution in [2.75, 3.05) is 11.9 Å². The van der Waals surface area contributed by atoms with Crippen LogP contribution in [0.15, 0.2) is 36.4 Å². The Bertz CT molecular complexity index is 712. The maximum Gasteiger partial charge on any atom is 0.271 e. The lowest BCUT2D eigenvalue weighted by atomic mass is 10.1. The molecule has 2 aromatic rings. The molecule has 26 heavy (non-hydrogen) atoms. The van der Waals surface area contributed by atoms with Crippen LogP contribution >= 0.6 is 0 Å². The summed E-state index contributed by atoms with van der Waals surface area (Å²) in [6.07, 6.45) is 7.83. The molecule has 1 aliphatic carbocycles. The third kappa shape index (κ3) is 5.25. The predicted octanol–water partition coefficient (Wildman–Crippen LogP) is 3.72. The molecule has 0 atom stereocenters. The number of halogens is 1. The van der Waals surface area contributed by atoms with Gasteiger partial charge in [-0.3, -0.25) is 4.79 Å². The fraction of sp³-hybridized carbons (Fsp3) is 0.450. The number of hydrogen-bond acceptors (Lipinski definition) is 4. The molecular formula is C20H25FN4O. The number of rotatable bonds is 6. The Morgan fingerprint density at radius 2 is 1.81 bits per heavy atom. The number of nitrogens with one attached hydrogen (secondary N) is 2. The number of carbonyl (C=O) groups excluding carboxylic acids is 1. The average molecular weight is 356 g/mol. The molecule has 0 radical (unpaired) electrons. The quantitative estimate of drug-likeness (QED) is 0.774. The van der Waals surface area contributed by atoms with Gasteiger partial charge in [-0.05, 0) is 43.0 Å². The molecule has 3 rings (SSSR count). The molecule has 0 unspecified atom stereocenters. The number of amides is 1. The van der Waals surface area contributed by atoms with E-state index >= 15 is 0 Å². The van der Waals surface area contributed by atoms with Crippen molar-refractivity contribution < 1.29 is 9.18 Å². The molecule has 0 spiro atoms. The van der Waals surface area contributed by atoms with Gasteiger partial charge in [0.1, 0.15) is 11.6 Å². The summed E-state index contributed by atoms with van der Waals surface area (Å²) in [7, 11) is 0. The van der Waals surface area contributed by atoms with Crippen molar-refractivity contribution in [2.45, 2.75) is 51.0 Å². The molecule has 1 amide bonds. The Hall–Kier alpha value is -2.50. The van der Waals surface area contributed by atoms with E-state index in [9.17, 15) is 9.18 Å². The molecule has 5 nitrogen and oxygen atoms in total. The van der Waals surface area contributed by atoms with Gasteiger partial charge >= 0.3 is 0 Å². The fourth-order valence-corrected chi connectivity index (χ4v) is 3.27. The minimum Gasteiger partial charge on any atom is -0.366 e. The molecular weight excluding hydrogens is 331 g/mol. The van der Waals surface area contributed by atoms with Gasteiger partial charge < -0.3 is 10.6 Å². The van der Waals surface area contributed by atoms with Crippen LogP contribution in [0.5, 0.6) is 0 Å². The van der Waals surface area contributed by atoms with Gasteiger partial charge in [-0.25, -0.2) is 4.39 Å². The van der Waals surface area contributed by atoms with Crippen LogP contribution in [0.4, 0.5) is 10.2 Å². The molecule has 1 aromatic heterocycles. The zero-order chi connectivity index (χ0) is 18.2. The van der Waals surface area contributed by atoms with Crippen LogP contribution in [0.3, 0.4) is 0 Å². The minimum absolute atomic E-state index is 0.254. The number of benzene rings is 1. The zero-order valence-electron chi connectivity index (χ0n) is 14.9. The lowest BCUT2D eigenvalue weighted by Gasteiger charge is -2.16. The Kier molecular flexibility index (Phi) is 6.52. The van der Waals surface area contributed by atoms with Gasteiger partial charge in [0.05, 0.1) is 0 Å². The second-order valence-electron chi connectivity index (χ2n) is 6.73. The van der Waals surface area contributed by atoms with Crippen molar-refractivity contribution in [2.24, 2.45) is 0 Å². The maximum absolute atomic E-state index is 13.6. The molecule has 1 saturated carbocycles. The molecule has 1 aliphatic rings. The smallest absolute Gasteiger partial charge is 0.271 e. The molecule has 138 valence electrons. The van der Waals surface area contributed by atoms with E-state index in [2.05, 4.69) is 20.8 Å². The van der Waals surface area contributed by atoms with Gasteiger partial charge in [0.25, 0.3) is 5.91 Å². The second kappa shape index (κ2) is 9.27. The zero-order valence-corrected chi connectivity index (χ0v) is 14.9. The maximum atomic E-state index is 13.6. The highest BCUT2D eigenvalue weighted by Gasteiger charge is 2.13. The van der Waals surface area contributed by atoms with Crippen LogP contribution < -0.4 is 10.6 Å². The molecule has 1 aromatic carbocycles. The largest absolute Gasteiger partial charge is 0.366 e. The van der Waals surface area contributed by atoms with Gasteiger partial charge in [-0.1, -0.05) is 43.9 Å². The van der Waals surface area contributed by atoms with Crippen molar-refractivity contribution in [3.05, 3.63) is 53.5 Å². The standard InChI is InChI=1S/C20H25FN4O/c21-17-10-6-5-7-15(17)13-14-22-20(26)18-11-12-19(25-24-18)23-16-8-3-1-2-4-9-16/h5-7,10-12,16H,1-4,8-9,13-14H2,(H,22,26)(H,23,25). The normalized spacial score (nSPS) is 15.3. The van der Waals surface area contributed by atoms with Crippen LogP contribution in [0.25, 0.3) is 0 Å². The highest BCUT2D eigenvalue weighted by Crippen LogP contribution is 2.20. The predicted molar refractivity (Wildman–Crippen MR) is 99.6 cm³/mol. The van der Waals surface area contributed by atoms with E-state index in [1.165, 1.54) is 31.7 Å². The fourth-order valence-electron chi connectivity index (χ4n) is 3.27. The third-order valence-electron chi connectivity index (χ3n) is 4.74. The van der Waals surface area contributed by atoms with Crippen LogP contribution in [0, 0.1) is 5.82 Å². The number of carbonyl (C=O) groups is 1. The van der Waals surface area contributed by atoms with Crippen LogP contribution in [0.2, 0.25) is 0 Å².